The van der Waals surface area contributed by atoms with Gasteiger partial charge >= 0.3 is 5.97 Å². The van der Waals surface area contributed by atoms with Crippen molar-refractivity contribution in [2.24, 2.45) is 7.05 Å². The molecule has 1 aromatic carbocycles. The predicted molar refractivity (Wildman–Crippen MR) is 93.8 cm³/mol. The molecule has 6 nitrogen and oxygen atoms in total. The van der Waals surface area contributed by atoms with Crippen LogP contribution >= 0.6 is 15.9 Å². The normalized spacial score (nSPS) is 13.4. The number of nitrogens with zero attached hydrogens (tertiary/aromatic N) is 2. The van der Waals surface area contributed by atoms with Crippen LogP contribution in [0.5, 0.6) is 0 Å². The molecule has 0 aliphatic heterocycles. The fourth-order valence-corrected chi connectivity index (χ4v) is 3.31. The van der Waals surface area contributed by atoms with Gasteiger partial charge in [-0.2, -0.15) is 5.10 Å². The van der Waals surface area contributed by atoms with Crippen molar-refractivity contribution in [2.75, 3.05) is 0 Å². The molecule has 0 aliphatic rings. The van der Waals surface area contributed by atoms with Crippen molar-refractivity contribution < 1.29 is 14.7 Å². The van der Waals surface area contributed by atoms with Crippen molar-refractivity contribution in [3.63, 3.8) is 0 Å². The van der Waals surface area contributed by atoms with E-state index in [1.165, 1.54) is 0 Å². The zero-order valence-electron chi connectivity index (χ0n) is 14.0. The highest BCUT2D eigenvalue weighted by molar-refractivity contribution is 9.10. The van der Waals surface area contributed by atoms with Crippen LogP contribution in [0, 0.1) is 13.8 Å². The van der Waals surface area contributed by atoms with E-state index in [1.807, 2.05) is 20.9 Å². The van der Waals surface area contributed by atoms with Crippen LogP contribution in [0.15, 0.2) is 28.7 Å². The first-order valence-corrected chi connectivity index (χ1v) is 8.31. The minimum absolute atomic E-state index is 0.350. The number of amides is 1. The molecule has 0 saturated heterocycles. The Hall–Kier alpha value is -2.15. The molecule has 0 saturated carbocycles. The van der Waals surface area contributed by atoms with Crippen LogP contribution in [0.3, 0.4) is 0 Å². The van der Waals surface area contributed by atoms with Crippen LogP contribution < -0.4 is 5.32 Å². The summed E-state index contributed by atoms with van der Waals surface area (Å²) in [6, 6.07) is 5.83. The van der Waals surface area contributed by atoms with Crippen molar-refractivity contribution in [1.29, 1.82) is 0 Å². The zero-order valence-corrected chi connectivity index (χ0v) is 15.6. The molecule has 2 unspecified atom stereocenters. The third-order valence-corrected chi connectivity index (χ3v) is 4.86. The lowest BCUT2D eigenvalue weighted by Crippen LogP contribution is -2.36. The number of carboxylic acids is 1. The van der Waals surface area contributed by atoms with Gasteiger partial charge in [0.2, 0.25) is 5.91 Å². The van der Waals surface area contributed by atoms with Crippen molar-refractivity contribution >= 4 is 27.8 Å². The smallest absolute Gasteiger partial charge is 0.330 e. The van der Waals surface area contributed by atoms with E-state index >= 15 is 0 Å². The Kier molecular flexibility index (Phi) is 5.43. The number of halogens is 1. The second-order valence-corrected chi connectivity index (χ2v) is 6.59. The molecule has 0 bridgehead atoms. The third-order valence-electron chi connectivity index (χ3n) is 4.14. The standard InChI is InChI=1S/C17H20BrN3O3/c1-9(14-10(2)20-21(4)11(14)3)16(22)19-15(17(23)24)12-7-5-6-8-13(12)18/h5-9,15H,1-4H3,(H,19,22)(H,23,24). The number of aromatic nitrogens is 2. The maximum atomic E-state index is 12.6. The highest BCUT2D eigenvalue weighted by Gasteiger charge is 2.29. The second kappa shape index (κ2) is 7.17. The maximum Gasteiger partial charge on any atom is 0.330 e. The van der Waals surface area contributed by atoms with Gasteiger partial charge in [-0.05, 0) is 32.4 Å². The van der Waals surface area contributed by atoms with Crippen LogP contribution in [0.1, 0.15) is 41.4 Å². The molecule has 1 heterocycles. The summed E-state index contributed by atoms with van der Waals surface area (Å²) in [5.41, 5.74) is 2.99. The lowest BCUT2D eigenvalue weighted by molar-refractivity contribution is -0.142. The fraction of sp³-hybridized carbons (Fsp3) is 0.353. The number of hydrogen-bond acceptors (Lipinski definition) is 3. The summed E-state index contributed by atoms with van der Waals surface area (Å²) < 4.78 is 2.36. The molecule has 2 N–H and O–H groups in total. The quantitative estimate of drug-likeness (QED) is 0.817. The van der Waals surface area contributed by atoms with E-state index in [1.54, 1.807) is 35.9 Å². The molecular formula is C17H20BrN3O3. The first-order valence-electron chi connectivity index (χ1n) is 7.51. The Bertz CT molecular complexity index is 785. The number of nitrogens with one attached hydrogen (secondary N) is 1. The lowest BCUT2D eigenvalue weighted by atomic mass is 9.97. The number of carboxylic acid groups (broad SMARTS) is 1. The molecule has 7 heteroatoms. The van der Waals surface area contributed by atoms with Crippen LogP contribution in [-0.2, 0) is 16.6 Å². The zero-order chi connectivity index (χ0) is 18.0. The topological polar surface area (TPSA) is 84.2 Å². The van der Waals surface area contributed by atoms with Crippen molar-refractivity contribution in [2.45, 2.75) is 32.7 Å². The molecule has 24 heavy (non-hydrogen) atoms. The molecule has 0 spiro atoms. The van der Waals surface area contributed by atoms with Crippen molar-refractivity contribution in [1.82, 2.24) is 15.1 Å². The van der Waals surface area contributed by atoms with Gasteiger partial charge in [-0.1, -0.05) is 34.1 Å². The van der Waals surface area contributed by atoms with E-state index in [0.717, 1.165) is 17.0 Å². The average Bonchev–Trinajstić information content (AvgIpc) is 2.77. The minimum atomic E-state index is -1.12. The largest absolute Gasteiger partial charge is 0.479 e. The average molecular weight is 394 g/mol. The van der Waals surface area contributed by atoms with Gasteiger partial charge in [0.05, 0.1) is 11.6 Å². The summed E-state index contributed by atoms with van der Waals surface area (Å²) in [5.74, 6) is -1.96. The van der Waals surface area contributed by atoms with E-state index in [-0.39, 0.29) is 5.91 Å². The van der Waals surface area contributed by atoms with E-state index in [4.69, 9.17) is 0 Å². The summed E-state index contributed by atoms with van der Waals surface area (Å²) in [6.07, 6.45) is 0. The predicted octanol–water partition coefficient (Wildman–Crippen LogP) is 2.85. The minimum Gasteiger partial charge on any atom is -0.479 e. The molecule has 0 aliphatic carbocycles. The molecule has 128 valence electrons. The molecular weight excluding hydrogens is 374 g/mol. The molecule has 1 amide bonds. The van der Waals surface area contributed by atoms with Crippen molar-refractivity contribution in [3.05, 3.63) is 51.3 Å². The first kappa shape index (κ1) is 18.2. The van der Waals surface area contributed by atoms with Gasteiger partial charge in [-0.15, -0.1) is 0 Å². The number of rotatable bonds is 5. The van der Waals surface area contributed by atoms with E-state index < -0.39 is 17.9 Å². The monoisotopic (exact) mass is 393 g/mol. The Balaban J connectivity index is 2.29. The summed E-state index contributed by atoms with van der Waals surface area (Å²) in [7, 11) is 1.82. The van der Waals surface area contributed by atoms with Crippen LogP contribution in [0.4, 0.5) is 0 Å². The van der Waals surface area contributed by atoms with E-state index in [2.05, 4.69) is 26.3 Å². The van der Waals surface area contributed by atoms with Crippen LogP contribution in [-0.4, -0.2) is 26.8 Å². The molecule has 0 radical (unpaired) electrons. The second-order valence-electron chi connectivity index (χ2n) is 5.73. The fourth-order valence-electron chi connectivity index (χ4n) is 2.80. The van der Waals surface area contributed by atoms with Gasteiger partial charge in [0.15, 0.2) is 6.04 Å². The highest BCUT2D eigenvalue weighted by atomic mass is 79.9. The van der Waals surface area contributed by atoms with Crippen LogP contribution in [0.25, 0.3) is 0 Å². The summed E-state index contributed by atoms with van der Waals surface area (Å²) >= 11 is 3.34. The van der Waals surface area contributed by atoms with E-state index in [9.17, 15) is 14.7 Å². The molecule has 1 aromatic heterocycles. The number of carbonyl (C=O) groups excluding carboxylic acids is 1. The Labute approximate surface area is 149 Å². The maximum absolute atomic E-state index is 12.6. The number of benzene rings is 1. The number of carbonyl (C=O) groups is 2. The van der Waals surface area contributed by atoms with E-state index in [0.29, 0.717) is 10.0 Å². The molecule has 2 atom stereocenters. The molecule has 2 aromatic rings. The lowest BCUT2D eigenvalue weighted by Gasteiger charge is -2.19. The third kappa shape index (κ3) is 3.51. The summed E-state index contributed by atoms with van der Waals surface area (Å²) in [6.45, 7) is 5.49. The van der Waals surface area contributed by atoms with Gasteiger partial charge in [0.25, 0.3) is 0 Å². The number of hydrogen-bond donors (Lipinski definition) is 2. The number of aliphatic carboxylic acids is 1. The molecule has 2 rings (SSSR count). The Morgan fingerprint density at radius 1 is 1.29 bits per heavy atom. The van der Waals surface area contributed by atoms with Gasteiger partial charge in [0, 0.05) is 22.8 Å². The van der Waals surface area contributed by atoms with Gasteiger partial charge in [-0.25, -0.2) is 4.79 Å². The van der Waals surface area contributed by atoms with Gasteiger partial charge < -0.3 is 10.4 Å². The first-order chi connectivity index (χ1) is 11.2. The Morgan fingerprint density at radius 3 is 2.42 bits per heavy atom. The van der Waals surface area contributed by atoms with Crippen molar-refractivity contribution in [3.8, 4) is 0 Å². The highest BCUT2D eigenvalue weighted by Crippen LogP contribution is 2.27. The summed E-state index contributed by atoms with van der Waals surface area (Å²) in [5, 5.41) is 16.5. The SMILES string of the molecule is Cc1nn(C)c(C)c1C(C)C(=O)NC(C(=O)O)c1ccccc1Br. The van der Waals surface area contributed by atoms with Gasteiger partial charge in [0.1, 0.15) is 0 Å². The molecule has 0 fully saturated rings. The summed E-state index contributed by atoms with van der Waals surface area (Å²) in [4.78, 5) is 24.3. The van der Waals surface area contributed by atoms with Crippen LogP contribution in [0.2, 0.25) is 0 Å². The number of aryl methyl sites for hydroxylation is 2. The Morgan fingerprint density at radius 2 is 1.92 bits per heavy atom. The van der Waals surface area contributed by atoms with Gasteiger partial charge in [-0.3, -0.25) is 9.48 Å².